The van der Waals surface area contributed by atoms with E-state index in [-0.39, 0.29) is 23.3 Å². The molecule has 1 aliphatic heterocycles. The molecule has 3 rings (SSSR count). The maximum absolute atomic E-state index is 13.0. The highest BCUT2D eigenvalue weighted by atomic mass is 32.2. The van der Waals surface area contributed by atoms with Crippen molar-refractivity contribution in [1.82, 2.24) is 4.31 Å². The molecule has 0 radical (unpaired) electrons. The number of ether oxygens (including phenoxy) is 1. The summed E-state index contributed by atoms with van der Waals surface area (Å²) in [5, 5.41) is 2.94. The van der Waals surface area contributed by atoms with Crippen LogP contribution >= 0.6 is 0 Å². The summed E-state index contributed by atoms with van der Waals surface area (Å²) in [6.45, 7) is 7.02. The number of amides is 1. The van der Waals surface area contributed by atoms with Crippen LogP contribution in [0.5, 0.6) is 5.75 Å². The average Bonchev–Trinajstić information content (AvgIpc) is 2.71. The molecule has 1 amide bonds. The quantitative estimate of drug-likeness (QED) is 0.778. The van der Waals surface area contributed by atoms with Crippen LogP contribution in [0.1, 0.15) is 30.9 Å². The van der Waals surface area contributed by atoms with Crippen molar-refractivity contribution in [3.8, 4) is 5.75 Å². The van der Waals surface area contributed by atoms with E-state index in [0.717, 1.165) is 16.8 Å². The third-order valence-corrected chi connectivity index (χ3v) is 7.18. The number of benzene rings is 2. The lowest BCUT2D eigenvalue weighted by atomic mass is 9.98. The molecule has 1 N–H and O–H groups in total. The van der Waals surface area contributed by atoms with E-state index in [9.17, 15) is 13.2 Å². The molecule has 1 atom stereocenters. The van der Waals surface area contributed by atoms with Crippen LogP contribution in [0.4, 0.5) is 5.69 Å². The number of sulfonamides is 1. The summed E-state index contributed by atoms with van der Waals surface area (Å²) in [6.07, 6.45) is 1.33. The monoisotopic (exact) mass is 416 g/mol. The number of nitrogens with one attached hydrogen (secondary N) is 1. The highest BCUT2D eigenvalue weighted by Crippen LogP contribution is 2.26. The van der Waals surface area contributed by atoms with E-state index in [1.165, 1.54) is 4.31 Å². The Morgan fingerprint density at radius 3 is 2.52 bits per heavy atom. The number of piperidine rings is 1. The number of carbonyl (C=O) groups excluding carboxylic acids is 1. The minimum atomic E-state index is -3.65. The van der Waals surface area contributed by atoms with Gasteiger partial charge in [0, 0.05) is 18.8 Å². The van der Waals surface area contributed by atoms with Gasteiger partial charge in [0.05, 0.1) is 17.4 Å². The van der Waals surface area contributed by atoms with E-state index in [0.29, 0.717) is 31.7 Å². The number of hydrogen-bond donors (Lipinski definition) is 1. The largest absolute Gasteiger partial charge is 0.494 e. The number of rotatable bonds is 6. The molecule has 1 aliphatic rings. The van der Waals surface area contributed by atoms with Gasteiger partial charge in [0.1, 0.15) is 5.75 Å². The average molecular weight is 417 g/mol. The van der Waals surface area contributed by atoms with Gasteiger partial charge in [-0.15, -0.1) is 0 Å². The first kappa shape index (κ1) is 21.3. The van der Waals surface area contributed by atoms with E-state index < -0.39 is 10.0 Å². The SMILES string of the molecule is CCOc1ccc(S(=O)(=O)N2CCCC(C(=O)Nc3ccc(C)c(C)c3)C2)cc1. The molecule has 0 aromatic heterocycles. The lowest BCUT2D eigenvalue weighted by Gasteiger charge is -2.31. The normalized spacial score (nSPS) is 17.7. The van der Waals surface area contributed by atoms with Crippen LogP contribution in [0.15, 0.2) is 47.4 Å². The summed E-state index contributed by atoms with van der Waals surface area (Å²) < 4.78 is 32.8. The minimum Gasteiger partial charge on any atom is -0.494 e. The molecule has 7 heteroatoms. The van der Waals surface area contributed by atoms with E-state index in [4.69, 9.17) is 4.74 Å². The number of nitrogens with zero attached hydrogens (tertiary/aromatic N) is 1. The molecule has 156 valence electrons. The Kier molecular flexibility index (Phi) is 6.59. The Hall–Kier alpha value is -2.38. The van der Waals surface area contributed by atoms with Crippen molar-refractivity contribution in [2.45, 2.75) is 38.5 Å². The predicted octanol–water partition coefficient (Wildman–Crippen LogP) is 3.74. The smallest absolute Gasteiger partial charge is 0.243 e. The first-order valence-electron chi connectivity index (χ1n) is 9.92. The van der Waals surface area contributed by atoms with Crippen LogP contribution < -0.4 is 10.1 Å². The van der Waals surface area contributed by atoms with Gasteiger partial charge in [-0.1, -0.05) is 6.07 Å². The van der Waals surface area contributed by atoms with Gasteiger partial charge in [-0.25, -0.2) is 8.42 Å². The van der Waals surface area contributed by atoms with Crippen molar-refractivity contribution >= 4 is 21.6 Å². The van der Waals surface area contributed by atoms with Crippen LogP contribution in [0, 0.1) is 19.8 Å². The third-order valence-electron chi connectivity index (χ3n) is 5.30. The summed E-state index contributed by atoms with van der Waals surface area (Å²) in [4.78, 5) is 13.0. The summed E-state index contributed by atoms with van der Waals surface area (Å²) in [7, 11) is -3.65. The van der Waals surface area contributed by atoms with Crippen molar-refractivity contribution in [2.24, 2.45) is 5.92 Å². The summed E-state index contributed by atoms with van der Waals surface area (Å²) in [5.41, 5.74) is 3.00. The van der Waals surface area contributed by atoms with Gasteiger partial charge in [0.25, 0.3) is 0 Å². The van der Waals surface area contributed by atoms with Gasteiger partial charge in [-0.2, -0.15) is 4.31 Å². The highest BCUT2D eigenvalue weighted by molar-refractivity contribution is 7.89. The van der Waals surface area contributed by atoms with Crippen molar-refractivity contribution in [3.63, 3.8) is 0 Å². The molecule has 2 aromatic rings. The lowest BCUT2D eigenvalue weighted by molar-refractivity contribution is -0.120. The molecular weight excluding hydrogens is 388 g/mol. The molecule has 0 aliphatic carbocycles. The number of anilines is 1. The van der Waals surface area contributed by atoms with Gasteiger partial charge < -0.3 is 10.1 Å². The molecular formula is C22H28N2O4S. The van der Waals surface area contributed by atoms with Crippen molar-refractivity contribution in [2.75, 3.05) is 25.0 Å². The molecule has 1 fully saturated rings. The molecule has 0 saturated carbocycles. The summed E-state index contributed by atoms with van der Waals surface area (Å²) >= 11 is 0. The Morgan fingerprint density at radius 1 is 1.14 bits per heavy atom. The highest BCUT2D eigenvalue weighted by Gasteiger charge is 2.33. The predicted molar refractivity (Wildman–Crippen MR) is 114 cm³/mol. The van der Waals surface area contributed by atoms with Gasteiger partial charge in [0.2, 0.25) is 15.9 Å². The zero-order chi connectivity index (χ0) is 21.0. The fourth-order valence-electron chi connectivity index (χ4n) is 3.46. The lowest BCUT2D eigenvalue weighted by Crippen LogP contribution is -2.43. The topological polar surface area (TPSA) is 75.7 Å². The maximum atomic E-state index is 13.0. The van der Waals surface area contributed by atoms with Crippen molar-refractivity contribution in [3.05, 3.63) is 53.6 Å². The van der Waals surface area contributed by atoms with E-state index in [1.807, 2.05) is 39.0 Å². The second-order valence-corrected chi connectivity index (χ2v) is 9.33. The fraction of sp³-hybridized carbons (Fsp3) is 0.409. The van der Waals surface area contributed by atoms with Crippen molar-refractivity contribution in [1.29, 1.82) is 0 Å². The van der Waals surface area contributed by atoms with Crippen LogP contribution in [-0.2, 0) is 14.8 Å². The zero-order valence-electron chi connectivity index (χ0n) is 17.1. The maximum Gasteiger partial charge on any atom is 0.243 e. The second kappa shape index (κ2) is 8.97. The molecule has 0 bridgehead atoms. The Balaban J connectivity index is 1.70. The Labute approximate surface area is 172 Å². The van der Waals surface area contributed by atoms with Gasteiger partial charge in [0.15, 0.2) is 0 Å². The molecule has 1 heterocycles. The molecule has 6 nitrogen and oxygen atoms in total. The summed E-state index contributed by atoms with van der Waals surface area (Å²) in [6, 6.07) is 12.2. The van der Waals surface area contributed by atoms with Crippen LogP contribution in [-0.4, -0.2) is 38.3 Å². The Bertz CT molecular complexity index is 971. The second-order valence-electron chi connectivity index (χ2n) is 7.39. The molecule has 1 unspecified atom stereocenters. The fourth-order valence-corrected chi connectivity index (χ4v) is 4.99. The first-order valence-corrected chi connectivity index (χ1v) is 11.4. The standard InChI is InChI=1S/C22H28N2O4S/c1-4-28-20-9-11-21(12-10-20)29(26,27)24-13-5-6-18(15-24)22(25)23-19-8-7-16(2)17(3)14-19/h7-12,14,18H,4-6,13,15H2,1-3H3,(H,23,25). The van der Waals surface area contributed by atoms with Crippen LogP contribution in [0.25, 0.3) is 0 Å². The molecule has 2 aromatic carbocycles. The van der Waals surface area contributed by atoms with E-state index in [1.54, 1.807) is 24.3 Å². The van der Waals surface area contributed by atoms with Gasteiger partial charge >= 0.3 is 0 Å². The van der Waals surface area contributed by atoms with Crippen molar-refractivity contribution < 1.29 is 17.9 Å². The molecule has 0 spiro atoms. The Morgan fingerprint density at radius 2 is 1.86 bits per heavy atom. The van der Waals surface area contributed by atoms with Crippen LogP contribution in [0.2, 0.25) is 0 Å². The molecule has 1 saturated heterocycles. The number of hydrogen-bond acceptors (Lipinski definition) is 4. The minimum absolute atomic E-state index is 0.139. The summed E-state index contributed by atoms with van der Waals surface area (Å²) in [5.74, 6) is 0.124. The van der Waals surface area contributed by atoms with E-state index >= 15 is 0 Å². The van der Waals surface area contributed by atoms with Gasteiger partial charge in [-0.3, -0.25) is 4.79 Å². The number of carbonyl (C=O) groups is 1. The number of aryl methyl sites for hydroxylation is 2. The van der Waals surface area contributed by atoms with Gasteiger partial charge in [-0.05, 0) is 81.1 Å². The third kappa shape index (κ3) is 4.97. The molecule has 29 heavy (non-hydrogen) atoms. The first-order chi connectivity index (χ1) is 13.8. The van der Waals surface area contributed by atoms with E-state index in [2.05, 4.69) is 5.32 Å². The zero-order valence-corrected chi connectivity index (χ0v) is 18.0. The van der Waals surface area contributed by atoms with Crippen LogP contribution in [0.3, 0.4) is 0 Å².